The van der Waals surface area contributed by atoms with Crippen LogP contribution in [-0.4, -0.2) is 89.7 Å². The van der Waals surface area contributed by atoms with Crippen LogP contribution in [0.25, 0.3) is 22.3 Å². The quantitative estimate of drug-likeness (QED) is 0.0212. The second-order valence-corrected chi connectivity index (χ2v) is 14.9. The molecule has 4 aromatic carbocycles. The van der Waals surface area contributed by atoms with Crippen LogP contribution in [0.1, 0.15) is 36.1 Å². The summed E-state index contributed by atoms with van der Waals surface area (Å²) in [7, 11) is 1.59. The number of hydrogen-bond acceptors (Lipinski definition) is 11. The Morgan fingerprint density at radius 1 is 0.850 bits per heavy atom. The highest BCUT2D eigenvalue weighted by atomic mass is 35.5. The van der Waals surface area contributed by atoms with Crippen molar-refractivity contribution in [2.24, 2.45) is 4.99 Å². The highest BCUT2D eigenvalue weighted by molar-refractivity contribution is 6.32. The molecule has 0 aliphatic heterocycles. The van der Waals surface area contributed by atoms with E-state index in [1.807, 2.05) is 55.5 Å². The molecule has 14 heteroatoms. The normalized spacial score (nSPS) is 13.6. The molecule has 0 saturated carbocycles. The van der Waals surface area contributed by atoms with Crippen molar-refractivity contribution in [1.82, 2.24) is 10.6 Å². The van der Waals surface area contributed by atoms with Crippen molar-refractivity contribution in [1.29, 1.82) is 5.26 Å². The smallest absolute Gasteiger partial charge is 0.326 e. The van der Waals surface area contributed by atoms with E-state index >= 15 is 0 Å². The van der Waals surface area contributed by atoms with Gasteiger partial charge in [0.15, 0.2) is 0 Å². The van der Waals surface area contributed by atoms with Gasteiger partial charge in [-0.3, -0.25) is 25.2 Å². The second-order valence-electron chi connectivity index (χ2n) is 14.5. The molecular weight excluding hydrogens is 788 g/mol. The molecule has 0 spiro atoms. The highest BCUT2D eigenvalue weighted by Gasteiger charge is 2.33. The molecule has 13 nitrogen and oxygen atoms in total. The number of ether oxygens (including phenoxy) is 3. The van der Waals surface area contributed by atoms with E-state index in [4.69, 9.17) is 25.8 Å². The number of rotatable bonds is 22. The van der Waals surface area contributed by atoms with Crippen LogP contribution in [0.3, 0.4) is 0 Å². The highest BCUT2D eigenvalue weighted by Crippen LogP contribution is 2.37. The Hall–Kier alpha value is -6.01. The minimum absolute atomic E-state index is 0.000605. The molecule has 316 valence electrons. The van der Waals surface area contributed by atoms with Crippen LogP contribution >= 0.6 is 11.6 Å². The standard InChI is InChI=1S/C46H51ClN4O9/c1-29(22-48)19-32(23-49-6)25-59-41-21-42(40(47)20-35(41)24-51-46(5,28-53)44(56)57)60-26-34-9-7-11-38(30(34)2)39-12-8-10-37(31(39)3)33-13-15-36(16-14-33)58-18-17-50-45(4,27-52)43(54)55/h7-16,19-21,23,50-53H,1,17-18,24-28H2,2-6H3,(H,54,55)(H,56,57)/b32-19+,49-23-. The number of aliphatic carboxylic acids is 2. The van der Waals surface area contributed by atoms with Gasteiger partial charge in [-0.1, -0.05) is 66.7 Å². The zero-order valence-corrected chi connectivity index (χ0v) is 35.1. The summed E-state index contributed by atoms with van der Waals surface area (Å²) in [6.45, 7) is 10.0. The number of nitrogens with zero attached hydrogens (tertiary/aromatic N) is 2. The fraction of sp³-hybridized carbons (Fsp3) is 0.304. The van der Waals surface area contributed by atoms with Crippen LogP contribution in [-0.2, 0) is 22.7 Å². The van der Waals surface area contributed by atoms with Gasteiger partial charge in [-0.05, 0) is 90.9 Å². The van der Waals surface area contributed by atoms with Crippen molar-refractivity contribution < 1.29 is 44.2 Å². The summed E-state index contributed by atoms with van der Waals surface area (Å²) in [6.07, 6.45) is 3.10. The van der Waals surface area contributed by atoms with Crippen LogP contribution in [0, 0.1) is 25.2 Å². The Morgan fingerprint density at radius 3 is 2.08 bits per heavy atom. The summed E-state index contributed by atoms with van der Waals surface area (Å²) in [5.74, 6) is -1.08. The van der Waals surface area contributed by atoms with Crippen LogP contribution in [0.15, 0.2) is 102 Å². The van der Waals surface area contributed by atoms with Crippen molar-refractivity contribution in [2.45, 2.75) is 51.9 Å². The number of carboxylic acid groups (broad SMARTS) is 2. The largest absolute Gasteiger partial charge is 0.492 e. The number of aliphatic hydroxyl groups excluding tert-OH is 2. The number of allylic oxidation sites excluding steroid dienone is 2. The fourth-order valence-corrected chi connectivity index (χ4v) is 6.34. The molecule has 2 unspecified atom stereocenters. The lowest BCUT2D eigenvalue weighted by atomic mass is 9.89. The maximum absolute atomic E-state index is 11.9. The summed E-state index contributed by atoms with van der Waals surface area (Å²) in [5.41, 5.74) is 5.31. The predicted octanol–water partition coefficient (Wildman–Crippen LogP) is 6.68. The molecule has 0 aliphatic carbocycles. The summed E-state index contributed by atoms with van der Waals surface area (Å²) in [4.78, 5) is 27.3. The first kappa shape index (κ1) is 46.7. The van der Waals surface area contributed by atoms with Gasteiger partial charge >= 0.3 is 11.9 Å². The van der Waals surface area contributed by atoms with Gasteiger partial charge in [0, 0.05) is 49.1 Å². The monoisotopic (exact) mass is 838 g/mol. The van der Waals surface area contributed by atoms with Gasteiger partial charge in [0.2, 0.25) is 0 Å². The zero-order chi connectivity index (χ0) is 44.0. The van der Waals surface area contributed by atoms with Gasteiger partial charge in [-0.25, -0.2) is 0 Å². The number of hydrogen-bond donors (Lipinski definition) is 6. The number of nitrogens with one attached hydrogen (secondary N) is 2. The lowest BCUT2D eigenvalue weighted by Gasteiger charge is -2.25. The van der Waals surface area contributed by atoms with Gasteiger partial charge in [0.1, 0.15) is 48.1 Å². The average Bonchev–Trinajstić information content (AvgIpc) is 3.24. The number of aliphatic imine (C=N–C) groups is 1. The molecule has 0 aliphatic rings. The van der Waals surface area contributed by atoms with Crippen molar-refractivity contribution in [3.63, 3.8) is 0 Å². The van der Waals surface area contributed by atoms with Crippen molar-refractivity contribution in [3.05, 3.63) is 124 Å². The molecule has 0 bridgehead atoms. The van der Waals surface area contributed by atoms with Gasteiger partial charge < -0.3 is 34.6 Å². The molecule has 0 fully saturated rings. The molecular formula is C46H51ClN4O9. The SMILES string of the molecule is C=C(C#N)/C=C(\C=N/C)COc1cc(OCc2cccc(-c3cccc(-c4ccc(OCCNC(C)(CO)C(=O)O)cc4)c3C)c2C)c(Cl)cc1CNC(C)(CO)C(=O)O. The molecule has 4 aromatic rings. The average molecular weight is 839 g/mol. The van der Waals surface area contributed by atoms with E-state index in [1.165, 1.54) is 13.8 Å². The summed E-state index contributed by atoms with van der Waals surface area (Å²) in [6, 6.07) is 25.0. The number of benzene rings is 4. The van der Waals surface area contributed by atoms with Crippen LogP contribution in [0.5, 0.6) is 17.2 Å². The van der Waals surface area contributed by atoms with E-state index < -0.39 is 36.2 Å². The Labute approximate surface area is 355 Å². The molecule has 4 rings (SSSR count). The predicted molar refractivity (Wildman–Crippen MR) is 232 cm³/mol. The Kier molecular flexibility index (Phi) is 16.6. The third-order valence-corrected chi connectivity index (χ3v) is 10.4. The second kappa shape index (κ2) is 21.3. The van der Waals surface area contributed by atoms with E-state index in [9.17, 15) is 35.3 Å². The molecule has 6 N–H and O–H groups in total. The van der Waals surface area contributed by atoms with E-state index in [0.717, 1.165) is 38.9 Å². The molecule has 0 heterocycles. The summed E-state index contributed by atoms with van der Waals surface area (Å²) < 4.78 is 18.3. The molecule has 60 heavy (non-hydrogen) atoms. The first-order chi connectivity index (χ1) is 28.6. The third kappa shape index (κ3) is 11.8. The maximum Gasteiger partial charge on any atom is 0.326 e. The first-order valence-corrected chi connectivity index (χ1v) is 19.4. The van der Waals surface area contributed by atoms with Crippen molar-refractivity contribution >= 4 is 29.8 Å². The lowest BCUT2D eigenvalue weighted by molar-refractivity contribution is -0.146. The zero-order valence-electron chi connectivity index (χ0n) is 34.3. The fourth-order valence-electron chi connectivity index (χ4n) is 6.10. The Bertz CT molecular complexity index is 2290. The first-order valence-electron chi connectivity index (χ1n) is 19.0. The molecule has 0 aromatic heterocycles. The van der Waals surface area contributed by atoms with E-state index in [-0.39, 0.29) is 43.5 Å². The number of aliphatic hydroxyl groups is 2. The van der Waals surface area contributed by atoms with Crippen molar-refractivity contribution in [3.8, 4) is 45.6 Å². The van der Waals surface area contributed by atoms with Crippen LogP contribution in [0.2, 0.25) is 5.02 Å². The number of carbonyl (C=O) groups is 2. The van der Waals surface area contributed by atoms with Gasteiger partial charge in [0.05, 0.1) is 24.3 Å². The summed E-state index contributed by atoms with van der Waals surface area (Å²) in [5, 5.41) is 53.4. The van der Waals surface area contributed by atoms with Crippen LogP contribution in [0.4, 0.5) is 0 Å². The number of halogens is 1. The summed E-state index contributed by atoms with van der Waals surface area (Å²) >= 11 is 6.76. The van der Waals surface area contributed by atoms with E-state index in [2.05, 4.69) is 47.3 Å². The van der Waals surface area contributed by atoms with Crippen LogP contribution < -0.4 is 24.8 Å². The molecule has 0 radical (unpaired) electrons. The van der Waals surface area contributed by atoms with Gasteiger partial charge in [-0.2, -0.15) is 5.26 Å². The van der Waals surface area contributed by atoms with Gasteiger partial charge in [0.25, 0.3) is 0 Å². The minimum Gasteiger partial charge on any atom is -0.492 e. The molecule has 0 amide bonds. The Morgan fingerprint density at radius 2 is 1.47 bits per heavy atom. The Balaban J connectivity index is 1.56. The number of nitriles is 1. The van der Waals surface area contributed by atoms with E-state index in [1.54, 1.807) is 31.5 Å². The van der Waals surface area contributed by atoms with E-state index in [0.29, 0.717) is 28.4 Å². The molecule has 2 atom stereocenters. The van der Waals surface area contributed by atoms with Crippen molar-refractivity contribution in [2.75, 3.05) is 40.0 Å². The topological polar surface area (TPSA) is 203 Å². The minimum atomic E-state index is -1.63. The lowest BCUT2D eigenvalue weighted by Crippen LogP contribution is -2.53. The maximum atomic E-state index is 11.9. The third-order valence-electron chi connectivity index (χ3n) is 10.1. The van der Waals surface area contributed by atoms with Gasteiger partial charge in [-0.15, -0.1) is 0 Å². The molecule has 0 saturated heterocycles. The number of carboxylic acids is 2.